The molecule has 2 atom stereocenters. The predicted octanol–water partition coefficient (Wildman–Crippen LogP) is 3.46. The fourth-order valence-electron chi connectivity index (χ4n) is 2.74. The lowest BCUT2D eigenvalue weighted by Crippen LogP contribution is -2.13. The van der Waals surface area contributed by atoms with Crippen molar-refractivity contribution >= 4 is 22.7 Å². The highest BCUT2D eigenvalue weighted by molar-refractivity contribution is 6.21. The zero-order valence-electron chi connectivity index (χ0n) is 11.5. The van der Waals surface area contributed by atoms with E-state index in [0.29, 0.717) is 12.1 Å². The molecule has 0 bridgehead atoms. The van der Waals surface area contributed by atoms with Gasteiger partial charge in [0.1, 0.15) is 0 Å². The SMILES string of the molecule is CCCn1c(=O)oc2cc(C(Cl)C3CCCO3)ccc21. The largest absolute Gasteiger partial charge is 0.419 e. The number of rotatable bonds is 4. The van der Waals surface area contributed by atoms with Crippen LogP contribution in [0, 0.1) is 0 Å². The third kappa shape index (κ3) is 2.38. The van der Waals surface area contributed by atoms with Crippen LogP contribution in [0.15, 0.2) is 27.4 Å². The van der Waals surface area contributed by atoms with Crippen molar-refractivity contribution in [1.29, 1.82) is 0 Å². The van der Waals surface area contributed by atoms with E-state index in [9.17, 15) is 4.79 Å². The van der Waals surface area contributed by atoms with E-state index >= 15 is 0 Å². The highest BCUT2D eigenvalue weighted by atomic mass is 35.5. The van der Waals surface area contributed by atoms with Gasteiger partial charge < -0.3 is 9.15 Å². The van der Waals surface area contributed by atoms with Crippen molar-refractivity contribution < 1.29 is 9.15 Å². The highest BCUT2D eigenvalue weighted by Crippen LogP contribution is 2.33. The summed E-state index contributed by atoms with van der Waals surface area (Å²) in [6.07, 6.45) is 2.98. The Balaban J connectivity index is 1.96. The van der Waals surface area contributed by atoms with Gasteiger partial charge in [0, 0.05) is 13.2 Å². The molecule has 2 aromatic rings. The zero-order chi connectivity index (χ0) is 14.1. The number of fused-ring (bicyclic) bond motifs is 1. The number of ether oxygens (including phenoxy) is 1. The quantitative estimate of drug-likeness (QED) is 0.811. The molecule has 1 aliphatic heterocycles. The maximum atomic E-state index is 11.8. The van der Waals surface area contributed by atoms with Crippen LogP contribution in [-0.2, 0) is 11.3 Å². The topological polar surface area (TPSA) is 44.4 Å². The Bertz CT molecular complexity index is 655. The second-order valence-electron chi connectivity index (χ2n) is 5.20. The second kappa shape index (κ2) is 5.62. The molecular weight excluding hydrogens is 278 g/mol. The first-order valence-electron chi connectivity index (χ1n) is 7.09. The van der Waals surface area contributed by atoms with Gasteiger partial charge in [0.2, 0.25) is 0 Å². The highest BCUT2D eigenvalue weighted by Gasteiger charge is 2.26. The van der Waals surface area contributed by atoms with Crippen LogP contribution in [0.2, 0.25) is 0 Å². The Kier molecular flexibility index (Phi) is 3.85. The average Bonchev–Trinajstić information content (AvgIpc) is 3.07. The summed E-state index contributed by atoms with van der Waals surface area (Å²) in [6.45, 7) is 3.48. The summed E-state index contributed by atoms with van der Waals surface area (Å²) in [4.78, 5) is 11.8. The summed E-state index contributed by atoms with van der Waals surface area (Å²) in [7, 11) is 0. The van der Waals surface area contributed by atoms with Crippen molar-refractivity contribution in [2.24, 2.45) is 0 Å². The summed E-state index contributed by atoms with van der Waals surface area (Å²) in [6, 6.07) is 5.74. The molecule has 0 saturated carbocycles. The van der Waals surface area contributed by atoms with Crippen LogP contribution >= 0.6 is 11.6 Å². The van der Waals surface area contributed by atoms with Crippen molar-refractivity contribution in [2.75, 3.05) is 6.61 Å². The van der Waals surface area contributed by atoms with Crippen LogP contribution in [0.4, 0.5) is 0 Å². The van der Waals surface area contributed by atoms with Crippen LogP contribution in [0.25, 0.3) is 11.1 Å². The summed E-state index contributed by atoms with van der Waals surface area (Å²) in [5.74, 6) is -0.303. The number of oxazole rings is 1. The number of hydrogen-bond acceptors (Lipinski definition) is 3. The number of nitrogens with zero attached hydrogens (tertiary/aromatic N) is 1. The van der Waals surface area contributed by atoms with E-state index in [1.54, 1.807) is 4.57 Å². The molecule has 4 nitrogen and oxygen atoms in total. The molecule has 3 rings (SSSR count). The van der Waals surface area contributed by atoms with Crippen LogP contribution in [-0.4, -0.2) is 17.3 Å². The summed E-state index contributed by atoms with van der Waals surface area (Å²) < 4.78 is 12.6. The molecule has 1 aliphatic rings. The maximum Gasteiger partial charge on any atom is 0.419 e. The van der Waals surface area contributed by atoms with Crippen molar-refractivity contribution in [3.8, 4) is 0 Å². The Morgan fingerprint density at radius 1 is 1.50 bits per heavy atom. The van der Waals surface area contributed by atoms with Crippen LogP contribution in [0.3, 0.4) is 0 Å². The molecular formula is C15H18ClNO3. The number of halogens is 1. The fraction of sp³-hybridized carbons (Fsp3) is 0.533. The summed E-state index contributed by atoms with van der Waals surface area (Å²) >= 11 is 6.47. The van der Waals surface area contributed by atoms with E-state index in [1.807, 2.05) is 25.1 Å². The van der Waals surface area contributed by atoms with Gasteiger partial charge in [0.05, 0.1) is 17.0 Å². The first-order chi connectivity index (χ1) is 9.70. The smallest absolute Gasteiger partial charge is 0.408 e. The molecule has 0 amide bonds. The molecule has 1 saturated heterocycles. The Hall–Kier alpha value is -1.26. The molecule has 20 heavy (non-hydrogen) atoms. The minimum absolute atomic E-state index is 0.0542. The van der Waals surface area contributed by atoms with Crippen molar-refractivity contribution in [2.45, 2.75) is 44.2 Å². The van der Waals surface area contributed by atoms with Crippen LogP contribution in [0.1, 0.15) is 37.1 Å². The second-order valence-corrected chi connectivity index (χ2v) is 5.67. The van der Waals surface area contributed by atoms with Gasteiger partial charge in [-0.1, -0.05) is 13.0 Å². The van der Waals surface area contributed by atoms with E-state index in [-0.39, 0.29) is 17.2 Å². The number of aromatic nitrogens is 1. The maximum absolute atomic E-state index is 11.8. The van der Waals surface area contributed by atoms with Crippen molar-refractivity contribution in [1.82, 2.24) is 4.57 Å². The van der Waals surface area contributed by atoms with E-state index in [1.165, 1.54) is 0 Å². The number of benzene rings is 1. The van der Waals surface area contributed by atoms with Crippen LogP contribution < -0.4 is 5.76 Å². The lowest BCUT2D eigenvalue weighted by molar-refractivity contribution is 0.107. The molecule has 2 heterocycles. The minimum Gasteiger partial charge on any atom is -0.408 e. The van der Waals surface area contributed by atoms with E-state index in [2.05, 4.69) is 0 Å². The Morgan fingerprint density at radius 2 is 2.35 bits per heavy atom. The lowest BCUT2D eigenvalue weighted by atomic mass is 10.0. The Labute approximate surface area is 122 Å². The average molecular weight is 296 g/mol. The number of hydrogen-bond donors (Lipinski definition) is 0. The third-order valence-corrected chi connectivity index (χ3v) is 4.28. The minimum atomic E-state index is -0.303. The normalized spacial score (nSPS) is 20.6. The van der Waals surface area contributed by atoms with E-state index in [4.69, 9.17) is 20.8 Å². The molecule has 0 spiro atoms. The van der Waals surface area contributed by atoms with Gasteiger partial charge >= 0.3 is 5.76 Å². The van der Waals surface area contributed by atoms with Gasteiger partial charge in [0.25, 0.3) is 0 Å². The molecule has 0 radical (unpaired) electrons. The lowest BCUT2D eigenvalue weighted by Gasteiger charge is -2.16. The van der Waals surface area contributed by atoms with Gasteiger partial charge in [-0.15, -0.1) is 11.6 Å². The first kappa shape index (κ1) is 13.7. The third-order valence-electron chi connectivity index (χ3n) is 3.75. The number of alkyl halides is 1. The molecule has 0 N–H and O–H groups in total. The van der Waals surface area contributed by atoms with Gasteiger partial charge in [-0.2, -0.15) is 0 Å². The van der Waals surface area contributed by atoms with Crippen molar-refractivity contribution in [3.05, 3.63) is 34.3 Å². The Morgan fingerprint density at radius 3 is 3.05 bits per heavy atom. The van der Waals surface area contributed by atoms with Gasteiger partial charge in [-0.3, -0.25) is 4.57 Å². The molecule has 1 aromatic carbocycles. The molecule has 1 fully saturated rings. The van der Waals surface area contributed by atoms with Crippen LogP contribution in [0.5, 0.6) is 0 Å². The van der Waals surface area contributed by atoms with Crippen molar-refractivity contribution in [3.63, 3.8) is 0 Å². The first-order valence-corrected chi connectivity index (χ1v) is 7.53. The van der Waals surface area contributed by atoms with E-state index < -0.39 is 0 Å². The summed E-state index contributed by atoms with van der Waals surface area (Å²) in [5.41, 5.74) is 2.38. The molecule has 0 aliphatic carbocycles. The van der Waals surface area contributed by atoms with Gasteiger partial charge in [0.15, 0.2) is 5.58 Å². The molecule has 5 heteroatoms. The fourth-order valence-corrected chi connectivity index (χ4v) is 3.07. The number of aryl methyl sites for hydroxylation is 1. The molecule has 2 unspecified atom stereocenters. The zero-order valence-corrected chi connectivity index (χ0v) is 12.2. The molecule has 108 valence electrons. The van der Waals surface area contributed by atoms with Gasteiger partial charge in [-0.25, -0.2) is 4.79 Å². The van der Waals surface area contributed by atoms with E-state index in [0.717, 1.165) is 36.9 Å². The summed E-state index contributed by atoms with van der Waals surface area (Å²) in [5, 5.41) is -0.193. The molecule has 1 aromatic heterocycles. The predicted molar refractivity (Wildman–Crippen MR) is 78.3 cm³/mol. The standard InChI is InChI=1S/C15H18ClNO3/c1-2-7-17-11-6-5-10(9-13(11)20-15(17)18)14(16)12-4-3-8-19-12/h5-6,9,12,14H,2-4,7-8H2,1H3. The van der Waals surface area contributed by atoms with Gasteiger partial charge in [-0.05, 0) is 37.0 Å². The monoisotopic (exact) mass is 295 g/mol.